The van der Waals surface area contributed by atoms with Crippen LogP contribution in [-0.2, 0) is 4.79 Å². The minimum Gasteiger partial charge on any atom is -0.493 e. The number of furan rings is 1. The molecule has 0 aliphatic carbocycles. The number of benzene rings is 2. The summed E-state index contributed by atoms with van der Waals surface area (Å²) in [7, 11) is 0. The molecule has 2 aromatic carbocycles. The first-order valence-electron chi connectivity index (χ1n) is 10.3. The average molecular weight is 430 g/mol. The minimum atomic E-state index is -0.297. The lowest BCUT2D eigenvalue weighted by Gasteiger charge is -2.12. The fourth-order valence-corrected chi connectivity index (χ4v) is 3.53. The highest BCUT2D eigenvalue weighted by Gasteiger charge is 2.15. The summed E-state index contributed by atoms with van der Waals surface area (Å²) in [4.78, 5) is 16.8. The topological polar surface area (TPSA) is 64.4 Å². The normalized spacial score (nSPS) is 11.6. The summed E-state index contributed by atoms with van der Waals surface area (Å²) in [5.74, 6) is 0.533. The Balaban J connectivity index is 1.72. The standard InChI is InChI=1S/C26H23FN2O3/c1-4-31-23-14-24-21(22(15-32-24)18-5-7-19(27)8-6-18)13-20(23)17(3)12-26(30)29-25-11-16(2)9-10-28-25/h5-15H,4H2,1-3H3,(H,28,29,30)/b17-12+. The smallest absolute Gasteiger partial charge is 0.249 e. The van der Waals surface area contributed by atoms with Crippen LogP contribution in [0.5, 0.6) is 5.75 Å². The van der Waals surface area contributed by atoms with Crippen molar-refractivity contribution in [3.05, 3.63) is 84.0 Å². The van der Waals surface area contributed by atoms with Gasteiger partial charge in [0.2, 0.25) is 5.91 Å². The number of nitrogens with one attached hydrogen (secondary N) is 1. The van der Waals surface area contributed by atoms with Crippen molar-refractivity contribution < 1.29 is 18.3 Å². The van der Waals surface area contributed by atoms with Crippen LogP contribution in [0.4, 0.5) is 10.2 Å². The highest BCUT2D eigenvalue weighted by molar-refractivity contribution is 6.05. The maximum absolute atomic E-state index is 13.4. The molecule has 0 atom stereocenters. The molecule has 1 N–H and O–H groups in total. The van der Waals surface area contributed by atoms with Crippen molar-refractivity contribution in [2.45, 2.75) is 20.8 Å². The third-order valence-corrected chi connectivity index (χ3v) is 5.07. The number of aryl methyl sites for hydroxylation is 1. The van der Waals surface area contributed by atoms with Crippen molar-refractivity contribution in [1.82, 2.24) is 4.98 Å². The Morgan fingerprint density at radius 3 is 2.69 bits per heavy atom. The monoisotopic (exact) mass is 430 g/mol. The minimum absolute atomic E-state index is 0.283. The molecule has 0 saturated carbocycles. The van der Waals surface area contributed by atoms with Gasteiger partial charge in [-0.2, -0.15) is 0 Å². The van der Waals surface area contributed by atoms with E-state index >= 15 is 0 Å². The Kier molecular flexibility index (Phi) is 6.03. The molecule has 4 rings (SSSR count). The van der Waals surface area contributed by atoms with Crippen LogP contribution in [0.1, 0.15) is 25.0 Å². The Labute approximate surface area is 185 Å². The molecule has 5 nitrogen and oxygen atoms in total. The van der Waals surface area contributed by atoms with Gasteiger partial charge in [0.15, 0.2) is 0 Å². The molecule has 0 radical (unpaired) electrons. The SMILES string of the molecule is CCOc1cc2occ(-c3ccc(F)cc3)c2cc1/C(C)=C/C(=O)Nc1cc(C)ccn1. The van der Waals surface area contributed by atoms with Gasteiger partial charge in [-0.3, -0.25) is 4.79 Å². The van der Waals surface area contributed by atoms with Gasteiger partial charge in [-0.25, -0.2) is 9.37 Å². The lowest BCUT2D eigenvalue weighted by Crippen LogP contribution is -2.10. The lowest BCUT2D eigenvalue weighted by molar-refractivity contribution is -0.111. The number of carbonyl (C=O) groups is 1. The van der Waals surface area contributed by atoms with Gasteiger partial charge in [-0.1, -0.05) is 12.1 Å². The van der Waals surface area contributed by atoms with E-state index in [0.29, 0.717) is 23.8 Å². The fraction of sp³-hybridized carbons (Fsp3) is 0.154. The van der Waals surface area contributed by atoms with Crippen LogP contribution in [0.15, 0.2) is 71.5 Å². The highest BCUT2D eigenvalue weighted by atomic mass is 19.1. The Morgan fingerprint density at radius 1 is 1.19 bits per heavy atom. The molecular formula is C26H23FN2O3. The van der Waals surface area contributed by atoms with E-state index in [0.717, 1.165) is 33.2 Å². The van der Waals surface area contributed by atoms with E-state index < -0.39 is 0 Å². The number of carbonyl (C=O) groups excluding carboxylic acids is 1. The molecule has 0 saturated heterocycles. The predicted octanol–water partition coefficient (Wildman–Crippen LogP) is 6.38. The highest BCUT2D eigenvalue weighted by Crippen LogP contribution is 2.37. The number of halogens is 1. The number of pyridine rings is 1. The second-order valence-corrected chi connectivity index (χ2v) is 7.47. The van der Waals surface area contributed by atoms with Crippen LogP contribution in [-0.4, -0.2) is 17.5 Å². The van der Waals surface area contributed by atoms with Gasteiger partial charge < -0.3 is 14.5 Å². The number of nitrogens with zero attached hydrogens (tertiary/aromatic N) is 1. The summed E-state index contributed by atoms with van der Waals surface area (Å²) in [6, 6.07) is 13.7. The zero-order chi connectivity index (χ0) is 22.7. The van der Waals surface area contributed by atoms with Crippen molar-refractivity contribution in [2.75, 3.05) is 11.9 Å². The molecule has 1 amide bonds. The van der Waals surface area contributed by atoms with Crippen molar-refractivity contribution >= 4 is 28.3 Å². The second kappa shape index (κ2) is 9.06. The third-order valence-electron chi connectivity index (χ3n) is 5.07. The van der Waals surface area contributed by atoms with E-state index in [1.54, 1.807) is 30.7 Å². The zero-order valence-electron chi connectivity index (χ0n) is 18.1. The number of ether oxygens (including phenoxy) is 1. The number of amides is 1. The van der Waals surface area contributed by atoms with Gasteiger partial charge in [0.1, 0.15) is 23.0 Å². The molecule has 32 heavy (non-hydrogen) atoms. The number of hydrogen-bond donors (Lipinski definition) is 1. The van der Waals surface area contributed by atoms with E-state index in [-0.39, 0.29) is 11.7 Å². The van der Waals surface area contributed by atoms with Gasteiger partial charge in [0, 0.05) is 34.9 Å². The van der Waals surface area contributed by atoms with Crippen LogP contribution in [0.2, 0.25) is 0 Å². The zero-order valence-corrected chi connectivity index (χ0v) is 18.1. The molecule has 0 unspecified atom stereocenters. The first kappa shape index (κ1) is 21.3. The molecule has 0 aliphatic rings. The van der Waals surface area contributed by atoms with E-state index in [1.807, 2.05) is 39.0 Å². The van der Waals surface area contributed by atoms with Gasteiger partial charge in [0.25, 0.3) is 0 Å². The molecule has 0 aliphatic heterocycles. The van der Waals surface area contributed by atoms with Crippen molar-refractivity contribution in [3.63, 3.8) is 0 Å². The van der Waals surface area contributed by atoms with Crippen molar-refractivity contribution in [1.29, 1.82) is 0 Å². The van der Waals surface area contributed by atoms with Gasteiger partial charge in [-0.15, -0.1) is 0 Å². The van der Waals surface area contributed by atoms with Crippen LogP contribution >= 0.6 is 0 Å². The van der Waals surface area contributed by atoms with E-state index in [1.165, 1.54) is 18.2 Å². The summed E-state index contributed by atoms with van der Waals surface area (Å²) in [6.45, 7) is 6.15. The van der Waals surface area contributed by atoms with Crippen LogP contribution in [0.25, 0.3) is 27.7 Å². The number of allylic oxidation sites excluding steroid dienone is 1. The largest absolute Gasteiger partial charge is 0.493 e. The molecule has 0 spiro atoms. The quantitative estimate of drug-likeness (QED) is 0.360. The van der Waals surface area contributed by atoms with E-state index in [9.17, 15) is 9.18 Å². The molecule has 0 fully saturated rings. The average Bonchev–Trinajstić information content (AvgIpc) is 3.16. The van der Waals surface area contributed by atoms with Crippen molar-refractivity contribution in [3.8, 4) is 16.9 Å². The number of anilines is 1. The number of hydrogen-bond acceptors (Lipinski definition) is 4. The molecule has 4 aromatic rings. The molecule has 6 heteroatoms. The molecule has 162 valence electrons. The van der Waals surface area contributed by atoms with E-state index in [4.69, 9.17) is 9.15 Å². The van der Waals surface area contributed by atoms with Gasteiger partial charge >= 0.3 is 0 Å². The number of fused-ring (bicyclic) bond motifs is 1. The summed E-state index contributed by atoms with van der Waals surface area (Å²) in [5, 5.41) is 3.64. The summed E-state index contributed by atoms with van der Waals surface area (Å²) < 4.78 is 24.9. The number of aromatic nitrogens is 1. The van der Waals surface area contributed by atoms with E-state index in [2.05, 4.69) is 10.3 Å². The first-order valence-corrected chi connectivity index (χ1v) is 10.3. The summed E-state index contributed by atoms with van der Waals surface area (Å²) >= 11 is 0. The summed E-state index contributed by atoms with van der Waals surface area (Å²) in [6.07, 6.45) is 4.82. The number of rotatable bonds is 6. The lowest BCUT2D eigenvalue weighted by atomic mass is 9.99. The third kappa shape index (κ3) is 4.54. The molecular weight excluding hydrogens is 407 g/mol. The van der Waals surface area contributed by atoms with Gasteiger partial charge in [-0.05, 0) is 67.8 Å². The van der Waals surface area contributed by atoms with Crippen LogP contribution < -0.4 is 10.1 Å². The Hall–Kier alpha value is -3.93. The maximum Gasteiger partial charge on any atom is 0.249 e. The van der Waals surface area contributed by atoms with Gasteiger partial charge in [0.05, 0.1) is 12.9 Å². The summed E-state index contributed by atoms with van der Waals surface area (Å²) in [5.41, 5.74) is 4.84. The van der Waals surface area contributed by atoms with Crippen LogP contribution in [0, 0.1) is 12.7 Å². The Bertz CT molecular complexity index is 1310. The molecule has 0 bridgehead atoms. The second-order valence-electron chi connectivity index (χ2n) is 7.47. The molecule has 2 aromatic heterocycles. The first-order chi connectivity index (χ1) is 15.4. The molecule has 2 heterocycles. The van der Waals surface area contributed by atoms with Crippen molar-refractivity contribution in [2.24, 2.45) is 0 Å². The fourth-order valence-electron chi connectivity index (χ4n) is 3.53. The predicted molar refractivity (Wildman–Crippen MR) is 124 cm³/mol. The maximum atomic E-state index is 13.4. The Morgan fingerprint density at radius 2 is 1.97 bits per heavy atom. The van der Waals surface area contributed by atoms with Crippen LogP contribution in [0.3, 0.4) is 0 Å².